The van der Waals surface area contributed by atoms with Crippen molar-refractivity contribution in [2.24, 2.45) is 16.1 Å². The summed E-state index contributed by atoms with van der Waals surface area (Å²) in [5.74, 6) is -0.868. The Morgan fingerprint density at radius 2 is 2.07 bits per heavy atom. The molecule has 0 aromatic heterocycles. The van der Waals surface area contributed by atoms with Crippen LogP contribution in [-0.4, -0.2) is 36.3 Å². The Balaban J connectivity index is 3.14. The summed E-state index contributed by atoms with van der Waals surface area (Å²) in [4.78, 5) is 27.6. The molecule has 0 unspecified atom stereocenters. The maximum atomic E-state index is 12.3. The van der Waals surface area contributed by atoms with Crippen molar-refractivity contribution >= 4 is 18.6 Å². The molecule has 0 aliphatic heterocycles. The van der Waals surface area contributed by atoms with E-state index in [1.165, 1.54) is 6.92 Å². The number of ether oxygens (including phenoxy) is 1. The predicted octanol–water partition coefficient (Wildman–Crippen LogP) is 2.67. The molecule has 0 radical (unpaired) electrons. The lowest BCUT2D eigenvalue weighted by Gasteiger charge is -2.27. The van der Waals surface area contributed by atoms with E-state index in [2.05, 4.69) is 17.0 Å². The summed E-state index contributed by atoms with van der Waals surface area (Å²) in [5.41, 5.74) is 6.10. The van der Waals surface area contributed by atoms with Gasteiger partial charge in [-0.05, 0) is 53.8 Å². The van der Waals surface area contributed by atoms with E-state index >= 15 is 0 Å². The van der Waals surface area contributed by atoms with Gasteiger partial charge in [0.1, 0.15) is 17.9 Å². The van der Waals surface area contributed by atoms with Crippen LogP contribution in [0.5, 0.6) is 0 Å². The number of nitrogens with two attached hydrogens (primary N) is 1. The van der Waals surface area contributed by atoms with Gasteiger partial charge in [-0.15, -0.1) is 0 Å². The molecule has 0 aromatic carbocycles. The molecule has 0 fully saturated rings. The number of rotatable bonds is 8. The fourth-order valence-electron chi connectivity index (χ4n) is 2.40. The SMILES string of the molecule is C=N/C(C)=C(C(=O)O)\C(N)=C1/CC=CC=C1OCC(C)(C)C(=O)NC(C)C. The van der Waals surface area contributed by atoms with E-state index in [0.717, 1.165) is 0 Å². The van der Waals surface area contributed by atoms with Crippen molar-refractivity contribution in [3.8, 4) is 0 Å². The molecule has 0 aromatic rings. The Kier molecular flexibility index (Phi) is 7.57. The first-order chi connectivity index (χ1) is 12.5. The zero-order valence-corrected chi connectivity index (χ0v) is 16.6. The first kappa shape index (κ1) is 22.2. The second kappa shape index (κ2) is 9.21. The number of carboxylic acids is 1. The summed E-state index contributed by atoms with van der Waals surface area (Å²) in [6, 6.07) is 0.0253. The molecule has 0 bridgehead atoms. The van der Waals surface area contributed by atoms with Gasteiger partial charge in [-0.25, -0.2) is 4.79 Å². The van der Waals surface area contributed by atoms with E-state index in [1.54, 1.807) is 26.0 Å². The Morgan fingerprint density at radius 3 is 2.59 bits per heavy atom. The average molecular weight is 375 g/mol. The van der Waals surface area contributed by atoms with Gasteiger partial charge in [-0.2, -0.15) is 0 Å². The van der Waals surface area contributed by atoms with Crippen molar-refractivity contribution in [1.82, 2.24) is 5.32 Å². The Labute approximate surface area is 160 Å². The van der Waals surface area contributed by atoms with Crippen LogP contribution in [0.4, 0.5) is 0 Å². The summed E-state index contributed by atoms with van der Waals surface area (Å²) in [6.45, 7) is 12.4. The Morgan fingerprint density at radius 1 is 1.44 bits per heavy atom. The lowest BCUT2D eigenvalue weighted by molar-refractivity contribution is -0.133. The minimum absolute atomic E-state index is 0.0253. The maximum absolute atomic E-state index is 12.3. The average Bonchev–Trinajstić information content (AvgIpc) is 2.59. The molecule has 27 heavy (non-hydrogen) atoms. The van der Waals surface area contributed by atoms with E-state index in [-0.39, 0.29) is 35.5 Å². The Hall–Kier alpha value is -2.83. The molecule has 0 spiro atoms. The summed E-state index contributed by atoms with van der Waals surface area (Å²) in [5, 5.41) is 12.4. The van der Waals surface area contributed by atoms with Crippen LogP contribution in [0.3, 0.4) is 0 Å². The molecular formula is C20H29N3O4. The predicted molar refractivity (Wildman–Crippen MR) is 106 cm³/mol. The number of amides is 1. The van der Waals surface area contributed by atoms with Crippen molar-refractivity contribution in [3.05, 3.63) is 46.5 Å². The molecule has 148 valence electrons. The highest BCUT2D eigenvalue weighted by molar-refractivity contribution is 5.93. The molecule has 1 amide bonds. The molecule has 0 heterocycles. The number of aliphatic carboxylic acids is 1. The lowest BCUT2D eigenvalue weighted by atomic mass is 9.92. The second-order valence-corrected chi connectivity index (χ2v) is 7.28. The molecule has 4 N–H and O–H groups in total. The van der Waals surface area contributed by atoms with Crippen molar-refractivity contribution in [1.29, 1.82) is 0 Å². The summed E-state index contributed by atoms with van der Waals surface area (Å²) >= 11 is 0. The monoisotopic (exact) mass is 375 g/mol. The third kappa shape index (κ3) is 5.84. The number of carbonyl (C=O) groups excluding carboxylic acids is 1. The number of nitrogens with one attached hydrogen (secondary N) is 1. The third-order valence-corrected chi connectivity index (χ3v) is 4.03. The summed E-state index contributed by atoms with van der Waals surface area (Å²) in [6.07, 6.45) is 5.77. The number of carbonyl (C=O) groups is 2. The van der Waals surface area contributed by atoms with Gasteiger partial charge in [0.05, 0.1) is 16.8 Å². The zero-order chi connectivity index (χ0) is 20.8. The van der Waals surface area contributed by atoms with Gasteiger partial charge in [0.15, 0.2) is 0 Å². The van der Waals surface area contributed by atoms with E-state index in [1.807, 2.05) is 19.9 Å². The van der Waals surface area contributed by atoms with Crippen LogP contribution in [0.15, 0.2) is 51.5 Å². The number of allylic oxidation sites excluding steroid dienone is 5. The highest BCUT2D eigenvalue weighted by atomic mass is 16.5. The van der Waals surface area contributed by atoms with E-state index in [4.69, 9.17) is 10.5 Å². The van der Waals surface area contributed by atoms with Crippen LogP contribution in [0.25, 0.3) is 0 Å². The molecule has 7 nitrogen and oxygen atoms in total. The number of aliphatic imine (C=N–C) groups is 1. The largest absolute Gasteiger partial charge is 0.492 e. The molecular weight excluding hydrogens is 346 g/mol. The third-order valence-electron chi connectivity index (χ3n) is 4.03. The van der Waals surface area contributed by atoms with Gasteiger partial charge >= 0.3 is 5.97 Å². The molecule has 0 saturated heterocycles. The van der Waals surface area contributed by atoms with Crippen LogP contribution >= 0.6 is 0 Å². The van der Waals surface area contributed by atoms with Crippen LogP contribution in [0.1, 0.15) is 41.0 Å². The van der Waals surface area contributed by atoms with Gasteiger partial charge in [0.25, 0.3) is 0 Å². The van der Waals surface area contributed by atoms with Gasteiger partial charge in [-0.3, -0.25) is 9.79 Å². The van der Waals surface area contributed by atoms with Gasteiger partial charge in [0.2, 0.25) is 5.91 Å². The minimum Gasteiger partial charge on any atom is -0.492 e. The van der Waals surface area contributed by atoms with E-state index in [9.17, 15) is 14.7 Å². The topological polar surface area (TPSA) is 114 Å². The lowest BCUT2D eigenvalue weighted by Crippen LogP contribution is -2.43. The fourth-order valence-corrected chi connectivity index (χ4v) is 2.40. The molecule has 0 atom stereocenters. The summed E-state index contributed by atoms with van der Waals surface area (Å²) in [7, 11) is 0. The van der Waals surface area contributed by atoms with Crippen molar-refractivity contribution in [3.63, 3.8) is 0 Å². The minimum atomic E-state index is -1.18. The van der Waals surface area contributed by atoms with Crippen LogP contribution < -0.4 is 11.1 Å². The van der Waals surface area contributed by atoms with E-state index in [0.29, 0.717) is 17.8 Å². The Bertz CT molecular complexity index is 740. The maximum Gasteiger partial charge on any atom is 0.339 e. The van der Waals surface area contributed by atoms with Gasteiger partial charge in [-0.1, -0.05) is 12.2 Å². The number of carboxylic acid groups (broad SMARTS) is 1. The van der Waals surface area contributed by atoms with Gasteiger partial charge in [0, 0.05) is 11.6 Å². The summed E-state index contributed by atoms with van der Waals surface area (Å²) < 4.78 is 5.88. The molecule has 1 aliphatic rings. The molecule has 1 aliphatic carbocycles. The standard InChI is InChI=1S/C20H29N3O4/c1-12(2)23-19(26)20(4,5)11-27-15-10-8-7-9-14(15)17(21)16(18(24)25)13(3)22-6/h7-8,10,12H,6,9,11,21H2,1-5H3,(H,23,26)(H,24,25)/b16-13+,17-14-. The van der Waals surface area contributed by atoms with Crippen molar-refractivity contribution in [2.45, 2.75) is 47.1 Å². The highest BCUT2D eigenvalue weighted by Gasteiger charge is 2.30. The number of hydrogen-bond acceptors (Lipinski definition) is 5. The quantitative estimate of drug-likeness (QED) is 0.446. The van der Waals surface area contributed by atoms with Crippen LogP contribution in [-0.2, 0) is 14.3 Å². The number of nitrogens with zero attached hydrogens (tertiary/aromatic N) is 1. The second-order valence-electron chi connectivity index (χ2n) is 7.28. The first-order valence-corrected chi connectivity index (χ1v) is 8.72. The molecule has 7 heteroatoms. The first-order valence-electron chi connectivity index (χ1n) is 8.72. The van der Waals surface area contributed by atoms with Crippen molar-refractivity contribution < 1.29 is 19.4 Å². The fraction of sp³-hybridized carbons (Fsp3) is 0.450. The number of hydrogen-bond donors (Lipinski definition) is 3. The normalized spacial score (nSPS) is 17.0. The van der Waals surface area contributed by atoms with Crippen molar-refractivity contribution in [2.75, 3.05) is 6.61 Å². The van der Waals surface area contributed by atoms with Crippen LogP contribution in [0.2, 0.25) is 0 Å². The molecule has 1 rings (SSSR count). The van der Waals surface area contributed by atoms with Crippen LogP contribution in [0, 0.1) is 5.41 Å². The molecule has 0 saturated carbocycles. The smallest absolute Gasteiger partial charge is 0.339 e. The van der Waals surface area contributed by atoms with Gasteiger partial charge < -0.3 is 20.9 Å². The highest BCUT2D eigenvalue weighted by Crippen LogP contribution is 2.29. The van der Waals surface area contributed by atoms with E-state index < -0.39 is 11.4 Å². The zero-order valence-electron chi connectivity index (χ0n) is 16.6.